The number of likely N-dealkylation sites (N-methyl/N-ethyl adjacent to an activating group) is 1. The van der Waals surface area contributed by atoms with E-state index in [-0.39, 0.29) is 6.04 Å². The molecule has 1 aromatic rings. The molecular formula is C13H15NO2. The molecule has 0 saturated heterocycles. The van der Waals surface area contributed by atoms with Crippen LogP contribution < -0.4 is 0 Å². The number of carboxylic acids is 1. The Hall–Kier alpha value is -1.61. The van der Waals surface area contributed by atoms with Gasteiger partial charge in [-0.2, -0.15) is 0 Å². The maximum atomic E-state index is 11.0. The summed E-state index contributed by atoms with van der Waals surface area (Å²) >= 11 is 0. The molecule has 1 aliphatic rings. The molecule has 0 radical (unpaired) electrons. The van der Waals surface area contributed by atoms with Gasteiger partial charge in [-0.15, -0.1) is 0 Å². The molecule has 0 aromatic heterocycles. The van der Waals surface area contributed by atoms with Crippen LogP contribution in [-0.4, -0.2) is 29.6 Å². The van der Waals surface area contributed by atoms with Crippen molar-refractivity contribution in [2.75, 3.05) is 13.6 Å². The second kappa shape index (κ2) is 4.49. The normalized spacial score (nSPS) is 21.6. The van der Waals surface area contributed by atoms with E-state index in [0.29, 0.717) is 12.0 Å². The Morgan fingerprint density at radius 2 is 2.06 bits per heavy atom. The SMILES string of the molecule is CN1CCC(C(=O)O)=CC1c1ccccc1. The van der Waals surface area contributed by atoms with Crippen molar-refractivity contribution in [2.24, 2.45) is 0 Å². The summed E-state index contributed by atoms with van der Waals surface area (Å²) < 4.78 is 0. The van der Waals surface area contributed by atoms with E-state index in [4.69, 9.17) is 5.11 Å². The summed E-state index contributed by atoms with van der Waals surface area (Å²) in [6.07, 6.45) is 2.47. The van der Waals surface area contributed by atoms with Crippen LogP contribution in [0, 0.1) is 0 Å². The minimum atomic E-state index is -0.797. The Labute approximate surface area is 95.0 Å². The van der Waals surface area contributed by atoms with Gasteiger partial charge in [0.05, 0.1) is 6.04 Å². The van der Waals surface area contributed by atoms with Crippen LogP contribution in [0.5, 0.6) is 0 Å². The number of carbonyl (C=O) groups is 1. The van der Waals surface area contributed by atoms with Gasteiger partial charge in [-0.1, -0.05) is 36.4 Å². The Balaban J connectivity index is 2.32. The van der Waals surface area contributed by atoms with Crippen molar-refractivity contribution in [3.8, 4) is 0 Å². The summed E-state index contributed by atoms with van der Waals surface area (Å²) in [5.41, 5.74) is 1.66. The van der Waals surface area contributed by atoms with Gasteiger partial charge in [0.15, 0.2) is 0 Å². The molecule has 0 spiro atoms. The Kier molecular flexibility index (Phi) is 3.06. The largest absolute Gasteiger partial charge is 0.478 e. The van der Waals surface area contributed by atoms with E-state index in [1.807, 2.05) is 43.5 Å². The number of rotatable bonds is 2. The van der Waals surface area contributed by atoms with Crippen LogP contribution >= 0.6 is 0 Å². The van der Waals surface area contributed by atoms with Gasteiger partial charge in [-0.3, -0.25) is 4.90 Å². The van der Waals surface area contributed by atoms with E-state index >= 15 is 0 Å². The third-order valence-electron chi connectivity index (χ3n) is 2.98. The molecule has 1 N–H and O–H groups in total. The summed E-state index contributed by atoms with van der Waals surface area (Å²) in [6.45, 7) is 0.789. The van der Waals surface area contributed by atoms with Crippen molar-refractivity contribution in [1.29, 1.82) is 0 Å². The Morgan fingerprint density at radius 3 is 2.69 bits per heavy atom. The highest BCUT2D eigenvalue weighted by atomic mass is 16.4. The van der Waals surface area contributed by atoms with Crippen LogP contribution in [0.25, 0.3) is 0 Å². The zero-order valence-corrected chi connectivity index (χ0v) is 9.26. The lowest BCUT2D eigenvalue weighted by Crippen LogP contribution is -2.29. The fourth-order valence-corrected chi connectivity index (χ4v) is 2.02. The lowest BCUT2D eigenvalue weighted by Gasteiger charge is -2.30. The van der Waals surface area contributed by atoms with Crippen LogP contribution in [-0.2, 0) is 4.79 Å². The third-order valence-corrected chi connectivity index (χ3v) is 2.98. The topological polar surface area (TPSA) is 40.5 Å². The third kappa shape index (κ3) is 2.14. The molecule has 1 aromatic carbocycles. The molecule has 1 atom stereocenters. The second-order valence-electron chi connectivity index (χ2n) is 4.08. The summed E-state index contributed by atoms with van der Waals surface area (Å²) in [4.78, 5) is 13.1. The first kappa shape index (κ1) is 10.9. The maximum Gasteiger partial charge on any atom is 0.331 e. The average molecular weight is 217 g/mol. The predicted octanol–water partition coefficient (Wildman–Crippen LogP) is 2.07. The van der Waals surface area contributed by atoms with E-state index in [9.17, 15) is 4.79 Å². The van der Waals surface area contributed by atoms with E-state index in [1.54, 1.807) is 0 Å². The lowest BCUT2D eigenvalue weighted by molar-refractivity contribution is -0.133. The van der Waals surface area contributed by atoms with E-state index in [1.165, 1.54) is 0 Å². The predicted molar refractivity (Wildman–Crippen MR) is 62.1 cm³/mol. The number of hydrogen-bond acceptors (Lipinski definition) is 2. The fraction of sp³-hybridized carbons (Fsp3) is 0.308. The smallest absolute Gasteiger partial charge is 0.331 e. The van der Waals surface area contributed by atoms with E-state index in [2.05, 4.69) is 4.90 Å². The van der Waals surface area contributed by atoms with Crippen molar-refractivity contribution < 1.29 is 9.90 Å². The van der Waals surface area contributed by atoms with Crippen LogP contribution in [0.2, 0.25) is 0 Å². The average Bonchev–Trinajstić information content (AvgIpc) is 2.30. The molecule has 3 heteroatoms. The van der Waals surface area contributed by atoms with Crippen molar-refractivity contribution in [1.82, 2.24) is 4.90 Å². The highest BCUT2D eigenvalue weighted by Crippen LogP contribution is 2.27. The van der Waals surface area contributed by atoms with Gasteiger partial charge in [-0.25, -0.2) is 4.79 Å². The second-order valence-corrected chi connectivity index (χ2v) is 4.08. The molecule has 0 bridgehead atoms. The van der Waals surface area contributed by atoms with Crippen molar-refractivity contribution in [2.45, 2.75) is 12.5 Å². The minimum absolute atomic E-state index is 0.0843. The number of nitrogens with zero attached hydrogens (tertiary/aromatic N) is 1. The summed E-state index contributed by atoms with van der Waals surface area (Å²) in [5, 5.41) is 9.00. The molecule has 1 unspecified atom stereocenters. The quantitative estimate of drug-likeness (QED) is 0.824. The van der Waals surface area contributed by atoms with Gasteiger partial charge < -0.3 is 5.11 Å². The van der Waals surface area contributed by atoms with E-state index < -0.39 is 5.97 Å². The zero-order valence-electron chi connectivity index (χ0n) is 9.26. The first-order valence-electron chi connectivity index (χ1n) is 5.37. The van der Waals surface area contributed by atoms with Gasteiger partial charge in [0, 0.05) is 12.1 Å². The molecule has 0 fully saturated rings. The molecule has 1 heterocycles. The van der Waals surface area contributed by atoms with Gasteiger partial charge in [0.2, 0.25) is 0 Å². The van der Waals surface area contributed by atoms with E-state index in [0.717, 1.165) is 12.1 Å². The molecule has 3 nitrogen and oxygen atoms in total. The molecule has 2 rings (SSSR count). The van der Waals surface area contributed by atoms with Gasteiger partial charge in [0.25, 0.3) is 0 Å². The molecule has 0 aliphatic carbocycles. The molecule has 0 saturated carbocycles. The molecule has 1 aliphatic heterocycles. The highest BCUT2D eigenvalue weighted by molar-refractivity contribution is 5.86. The molecule has 0 amide bonds. The molecular weight excluding hydrogens is 202 g/mol. The first-order valence-corrected chi connectivity index (χ1v) is 5.37. The maximum absolute atomic E-state index is 11.0. The lowest BCUT2D eigenvalue weighted by atomic mass is 9.97. The number of aliphatic carboxylic acids is 1. The van der Waals surface area contributed by atoms with Gasteiger partial charge in [0.1, 0.15) is 0 Å². The minimum Gasteiger partial charge on any atom is -0.478 e. The molecule has 16 heavy (non-hydrogen) atoms. The fourth-order valence-electron chi connectivity index (χ4n) is 2.02. The van der Waals surface area contributed by atoms with Crippen molar-refractivity contribution >= 4 is 5.97 Å². The monoisotopic (exact) mass is 217 g/mol. The van der Waals surface area contributed by atoms with Gasteiger partial charge >= 0.3 is 5.97 Å². The summed E-state index contributed by atoms with van der Waals surface area (Å²) in [7, 11) is 2.02. The highest BCUT2D eigenvalue weighted by Gasteiger charge is 2.22. The number of benzene rings is 1. The summed E-state index contributed by atoms with van der Waals surface area (Å²) in [5.74, 6) is -0.797. The van der Waals surface area contributed by atoms with Crippen molar-refractivity contribution in [3.63, 3.8) is 0 Å². The summed E-state index contributed by atoms with van der Waals surface area (Å²) in [6, 6.07) is 10.1. The zero-order chi connectivity index (χ0) is 11.5. The Bertz CT molecular complexity index is 411. The van der Waals surface area contributed by atoms with Crippen LogP contribution in [0.1, 0.15) is 18.0 Å². The number of hydrogen-bond donors (Lipinski definition) is 1. The molecule has 84 valence electrons. The van der Waals surface area contributed by atoms with Crippen LogP contribution in [0.3, 0.4) is 0 Å². The standard InChI is InChI=1S/C13H15NO2/c1-14-8-7-11(13(15)16)9-12(14)10-5-3-2-4-6-10/h2-6,9,12H,7-8H2,1H3,(H,15,16). The van der Waals surface area contributed by atoms with Crippen molar-refractivity contribution in [3.05, 3.63) is 47.5 Å². The number of carboxylic acid groups (broad SMARTS) is 1. The Morgan fingerprint density at radius 1 is 1.38 bits per heavy atom. The van der Waals surface area contributed by atoms with Crippen LogP contribution in [0.15, 0.2) is 42.0 Å². The van der Waals surface area contributed by atoms with Crippen LogP contribution in [0.4, 0.5) is 0 Å². The first-order chi connectivity index (χ1) is 7.68. The van der Waals surface area contributed by atoms with Gasteiger partial charge in [-0.05, 0) is 19.0 Å².